The van der Waals surface area contributed by atoms with Gasteiger partial charge in [0.05, 0.1) is 0 Å². The van der Waals surface area contributed by atoms with Gasteiger partial charge in [-0.2, -0.15) is 0 Å². The number of amides is 2. The number of primary amides is 1. The van der Waals surface area contributed by atoms with Gasteiger partial charge < -0.3 is 27.5 Å². The lowest BCUT2D eigenvalue weighted by Crippen LogP contribution is -2.44. The lowest BCUT2D eigenvalue weighted by atomic mass is 10.1. The van der Waals surface area contributed by atoms with Gasteiger partial charge in [-0.25, -0.2) is 0 Å². The SMILES string of the molecule is NC(=O)C(CCCN=C(N)N)NC(=O)c1ccc(-c2ccc(Cl)cc2)[nH]1. The van der Waals surface area contributed by atoms with E-state index in [4.69, 9.17) is 28.8 Å². The van der Waals surface area contributed by atoms with Crippen molar-refractivity contribution < 1.29 is 9.59 Å². The smallest absolute Gasteiger partial charge is 0.268 e. The molecule has 0 aliphatic rings. The molecule has 0 fully saturated rings. The van der Waals surface area contributed by atoms with E-state index in [0.717, 1.165) is 11.3 Å². The number of H-pyrrole nitrogens is 1. The van der Waals surface area contributed by atoms with E-state index in [0.29, 0.717) is 30.1 Å². The molecule has 0 saturated heterocycles. The molecule has 0 aliphatic carbocycles. The zero-order chi connectivity index (χ0) is 19.1. The van der Waals surface area contributed by atoms with Crippen LogP contribution in [0.25, 0.3) is 11.3 Å². The molecule has 2 rings (SSSR count). The van der Waals surface area contributed by atoms with Gasteiger partial charge in [0.1, 0.15) is 11.7 Å². The summed E-state index contributed by atoms with van der Waals surface area (Å²) in [5.74, 6) is -1.06. The van der Waals surface area contributed by atoms with Crippen LogP contribution >= 0.6 is 11.6 Å². The maximum absolute atomic E-state index is 12.4. The predicted molar refractivity (Wildman–Crippen MR) is 102 cm³/mol. The number of nitrogens with two attached hydrogens (primary N) is 3. The molecule has 1 unspecified atom stereocenters. The Balaban J connectivity index is 1.99. The van der Waals surface area contributed by atoms with Gasteiger partial charge in [0.15, 0.2) is 5.96 Å². The highest BCUT2D eigenvalue weighted by atomic mass is 35.5. The number of guanidine groups is 1. The van der Waals surface area contributed by atoms with Crippen molar-refractivity contribution in [2.45, 2.75) is 18.9 Å². The second kappa shape index (κ2) is 8.91. The molecule has 0 saturated carbocycles. The molecule has 26 heavy (non-hydrogen) atoms. The van der Waals surface area contributed by atoms with Gasteiger partial charge in [-0.15, -0.1) is 0 Å². The minimum Gasteiger partial charge on any atom is -0.370 e. The quantitative estimate of drug-likeness (QED) is 0.264. The van der Waals surface area contributed by atoms with Crippen molar-refractivity contribution in [1.82, 2.24) is 10.3 Å². The minimum atomic E-state index is -0.806. The van der Waals surface area contributed by atoms with E-state index in [1.54, 1.807) is 24.3 Å². The first kappa shape index (κ1) is 19.3. The number of aromatic amines is 1. The molecule has 2 aromatic rings. The molecular weight excluding hydrogens is 356 g/mol. The number of hydrogen-bond donors (Lipinski definition) is 5. The van der Waals surface area contributed by atoms with Crippen LogP contribution in [0.4, 0.5) is 0 Å². The zero-order valence-corrected chi connectivity index (χ0v) is 14.8. The van der Waals surface area contributed by atoms with Gasteiger partial charge in [0.25, 0.3) is 5.91 Å². The Hall–Kier alpha value is -3.00. The Morgan fingerprint density at radius 2 is 1.81 bits per heavy atom. The van der Waals surface area contributed by atoms with Crippen molar-refractivity contribution in [3.63, 3.8) is 0 Å². The number of aliphatic imine (C=N–C) groups is 1. The molecule has 1 aromatic heterocycles. The highest BCUT2D eigenvalue weighted by Crippen LogP contribution is 2.20. The highest BCUT2D eigenvalue weighted by molar-refractivity contribution is 6.30. The van der Waals surface area contributed by atoms with Crippen LogP contribution in [0.15, 0.2) is 41.4 Å². The van der Waals surface area contributed by atoms with Gasteiger partial charge in [0.2, 0.25) is 5.91 Å². The Bertz CT molecular complexity index is 796. The number of rotatable bonds is 8. The second-order valence-corrected chi connectivity index (χ2v) is 6.11. The Morgan fingerprint density at radius 1 is 1.12 bits per heavy atom. The summed E-state index contributed by atoms with van der Waals surface area (Å²) in [5.41, 5.74) is 17.8. The van der Waals surface area contributed by atoms with Crippen LogP contribution in [-0.2, 0) is 4.79 Å². The van der Waals surface area contributed by atoms with Gasteiger partial charge in [-0.3, -0.25) is 14.6 Å². The standard InChI is InChI=1S/C17H21ClN6O2/c18-11-5-3-10(4-6-11)12-7-8-14(23-12)16(26)24-13(15(19)25)2-1-9-22-17(20)21/h3-8,13,23H,1-2,9H2,(H2,19,25)(H,24,26)(H4,20,21,22). The number of benzene rings is 1. The van der Waals surface area contributed by atoms with Crippen molar-refractivity contribution in [1.29, 1.82) is 0 Å². The van der Waals surface area contributed by atoms with Crippen LogP contribution in [0.3, 0.4) is 0 Å². The lowest BCUT2D eigenvalue weighted by Gasteiger charge is -2.14. The van der Waals surface area contributed by atoms with E-state index in [9.17, 15) is 9.59 Å². The molecule has 0 aliphatic heterocycles. The Kier molecular flexibility index (Phi) is 6.62. The van der Waals surface area contributed by atoms with Crippen molar-refractivity contribution in [3.05, 3.63) is 47.1 Å². The fraction of sp³-hybridized carbons (Fsp3) is 0.235. The summed E-state index contributed by atoms with van der Waals surface area (Å²) in [4.78, 5) is 30.8. The van der Waals surface area contributed by atoms with Crippen LogP contribution in [0.5, 0.6) is 0 Å². The third-order valence-electron chi connectivity index (χ3n) is 3.68. The molecule has 8 N–H and O–H groups in total. The number of halogens is 1. The largest absolute Gasteiger partial charge is 0.370 e. The zero-order valence-electron chi connectivity index (χ0n) is 14.0. The van der Waals surface area contributed by atoms with E-state index < -0.39 is 17.9 Å². The fourth-order valence-corrected chi connectivity index (χ4v) is 2.48. The predicted octanol–water partition coefficient (Wildman–Crippen LogP) is 0.972. The third-order valence-corrected chi connectivity index (χ3v) is 3.93. The normalized spacial score (nSPS) is 11.6. The van der Waals surface area contributed by atoms with Gasteiger partial charge in [-0.1, -0.05) is 23.7 Å². The molecule has 8 nitrogen and oxygen atoms in total. The van der Waals surface area contributed by atoms with Crippen LogP contribution in [-0.4, -0.2) is 35.3 Å². The number of nitrogens with zero attached hydrogens (tertiary/aromatic N) is 1. The summed E-state index contributed by atoms with van der Waals surface area (Å²) >= 11 is 5.87. The first-order chi connectivity index (χ1) is 12.4. The van der Waals surface area contributed by atoms with E-state index in [1.165, 1.54) is 0 Å². The van der Waals surface area contributed by atoms with Crippen molar-refractivity contribution >= 4 is 29.4 Å². The molecule has 0 radical (unpaired) electrons. The molecule has 2 amide bonds. The lowest BCUT2D eigenvalue weighted by molar-refractivity contribution is -0.120. The summed E-state index contributed by atoms with van der Waals surface area (Å²) in [7, 11) is 0. The van der Waals surface area contributed by atoms with Crippen molar-refractivity contribution in [2.24, 2.45) is 22.2 Å². The maximum atomic E-state index is 12.4. The number of carbonyl (C=O) groups excluding carboxylic acids is 2. The summed E-state index contributed by atoms with van der Waals surface area (Å²) in [5, 5.41) is 3.25. The van der Waals surface area contributed by atoms with Crippen LogP contribution < -0.4 is 22.5 Å². The van der Waals surface area contributed by atoms with Crippen LogP contribution in [0.2, 0.25) is 5.02 Å². The third kappa shape index (κ3) is 5.52. The van der Waals surface area contributed by atoms with Crippen LogP contribution in [0.1, 0.15) is 23.3 Å². The minimum absolute atomic E-state index is 0.0224. The fourth-order valence-electron chi connectivity index (χ4n) is 2.35. The average Bonchev–Trinajstić information content (AvgIpc) is 3.07. The molecule has 0 spiro atoms. The average molecular weight is 377 g/mol. The van der Waals surface area contributed by atoms with Crippen LogP contribution in [0, 0.1) is 0 Å². The summed E-state index contributed by atoms with van der Waals surface area (Å²) in [6, 6.07) is 9.80. The summed E-state index contributed by atoms with van der Waals surface area (Å²) < 4.78 is 0. The van der Waals surface area contributed by atoms with E-state index in [-0.39, 0.29) is 5.96 Å². The topological polar surface area (TPSA) is 152 Å². The first-order valence-corrected chi connectivity index (χ1v) is 8.35. The summed E-state index contributed by atoms with van der Waals surface area (Å²) in [6.07, 6.45) is 0.842. The molecule has 1 heterocycles. The molecule has 0 bridgehead atoms. The number of aromatic nitrogens is 1. The van der Waals surface area contributed by atoms with Gasteiger partial charge in [0, 0.05) is 17.3 Å². The molecule has 9 heteroatoms. The van der Waals surface area contributed by atoms with E-state index in [2.05, 4.69) is 15.3 Å². The molecule has 1 atom stereocenters. The first-order valence-electron chi connectivity index (χ1n) is 7.97. The van der Waals surface area contributed by atoms with E-state index in [1.807, 2.05) is 12.1 Å². The van der Waals surface area contributed by atoms with Gasteiger partial charge >= 0.3 is 0 Å². The maximum Gasteiger partial charge on any atom is 0.268 e. The van der Waals surface area contributed by atoms with Gasteiger partial charge in [-0.05, 0) is 42.7 Å². The van der Waals surface area contributed by atoms with E-state index >= 15 is 0 Å². The molecule has 1 aromatic carbocycles. The van der Waals surface area contributed by atoms with Crippen molar-refractivity contribution in [2.75, 3.05) is 6.54 Å². The second-order valence-electron chi connectivity index (χ2n) is 5.67. The number of carbonyl (C=O) groups is 2. The number of hydrogen-bond acceptors (Lipinski definition) is 3. The number of nitrogens with one attached hydrogen (secondary N) is 2. The molecular formula is C17H21ClN6O2. The Morgan fingerprint density at radius 3 is 2.42 bits per heavy atom. The Labute approximate surface area is 155 Å². The van der Waals surface area contributed by atoms with Crippen molar-refractivity contribution in [3.8, 4) is 11.3 Å². The molecule has 138 valence electrons. The highest BCUT2D eigenvalue weighted by Gasteiger charge is 2.19. The summed E-state index contributed by atoms with van der Waals surface area (Å²) in [6.45, 7) is 0.352. The monoisotopic (exact) mass is 376 g/mol.